The summed E-state index contributed by atoms with van der Waals surface area (Å²) in [5.41, 5.74) is 3.14. The molecule has 7 nitrogen and oxygen atoms in total. The summed E-state index contributed by atoms with van der Waals surface area (Å²) in [7, 11) is -3.41. The van der Waals surface area contributed by atoms with Crippen LogP contribution in [0.1, 0.15) is 30.5 Å². The fourth-order valence-corrected chi connectivity index (χ4v) is 6.45. The monoisotopic (exact) mass is 554 g/mol. The Hall–Kier alpha value is -2.35. The van der Waals surface area contributed by atoms with Crippen molar-refractivity contribution in [2.24, 2.45) is 0 Å². The molecule has 1 aliphatic heterocycles. The zero-order valence-corrected chi connectivity index (χ0v) is 23.6. The fourth-order valence-electron chi connectivity index (χ4n) is 4.64. The molecule has 0 amide bonds. The van der Waals surface area contributed by atoms with E-state index in [2.05, 4.69) is 0 Å². The molecule has 0 aliphatic carbocycles. The van der Waals surface area contributed by atoms with Crippen LogP contribution in [0.3, 0.4) is 0 Å². The standard InChI is InChI=1S/C31H39O7P/c1-3-36-39(32,37-4-2)24-29-31(35-22-27-18-12-7-13-19-27)30(34-21-26-16-10-6-11-17-26)28(38-29)23-33-20-25-14-8-5-9-15-25/h5-19,28-31H,3-4,20-24H2,1-2H3/t28-,29-,30-,31-/m1/s1. The van der Waals surface area contributed by atoms with Crippen molar-refractivity contribution >= 4 is 7.60 Å². The van der Waals surface area contributed by atoms with E-state index in [1.807, 2.05) is 91.0 Å². The molecule has 0 saturated carbocycles. The topological polar surface area (TPSA) is 72.5 Å². The summed E-state index contributed by atoms with van der Waals surface area (Å²) in [5, 5.41) is 0. The minimum atomic E-state index is -3.41. The lowest BCUT2D eigenvalue weighted by Crippen LogP contribution is -2.40. The minimum Gasteiger partial charge on any atom is -0.374 e. The number of ether oxygens (including phenoxy) is 4. The second-order valence-corrected chi connectivity index (χ2v) is 11.5. The normalized spacial score (nSPS) is 21.3. The van der Waals surface area contributed by atoms with Crippen molar-refractivity contribution in [3.63, 3.8) is 0 Å². The Labute approximate surface area is 231 Å². The van der Waals surface area contributed by atoms with Gasteiger partial charge in [0, 0.05) is 0 Å². The number of benzene rings is 3. The second-order valence-electron chi connectivity index (χ2n) is 9.37. The van der Waals surface area contributed by atoms with Gasteiger partial charge in [0.15, 0.2) is 0 Å². The van der Waals surface area contributed by atoms with E-state index in [9.17, 15) is 4.57 Å². The molecule has 8 heteroatoms. The van der Waals surface area contributed by atoms with Crippen molar-refractivity contribution in [2.45, 2.75) is 58.1 Å². The van der Waals surface area contributed by atoms with Crippen LogP contribution in [0.15, 0.2) is 91.0 Å². The van der Waals surface area contributed by atoms with Gasteiger partial charge in [0.2, 0.25) is 0 Å². The average molecular weight is 555 g/mol. The largest absolute Gasteiger partial charge is 0.374 e. The van der Waals surface area contributed by atoms with Crippen molar-refractivity contribution < 1.29 is 32.6 Å². The lowest BCUT2D eigenvalue weighted by molar-refractivity contribution is -0.0897. The molecule has 0 unspecified atom stereocenters. The van der Waals surface area contributed by atoms with Gasteiger partial charge in [0.05, 0.1) is 51.9 Å². The third kappa shape index (κ3) is 9.09. The maximum absolute atomic E-state index is 13.5. The highest BCUT2D eigenvalue weighted by Gasteiger charge is 2.49. The lowest BCUT2D eigenvalue weighted by atomic mass is 10.1. The SMILES string of the molecule is CCOP(=O)(C[C@H]1O[C@H](COCc2ccccc2)[C@@H](OCc2ccccc2)[C@@H]1OCc1ccccc1)OCC. The Balaban J connectivity index is 1.54. The van der Waals surface area contributed by atoms with E-state index in [-0.39, 0.29) is 19.4 Å². The zero-order valence-electron chi connectivity index (χ0n) is 22.7. The fraction of sp³-hybridized carbons (Fsp3) is 0.419. The van der Waals surface area contributed by atoms with Crippen LogP contribution in [0, 0.1) is 0 Å². The third-order valence-electron chi connectivity index (χ3n) is 6.43. The molecule has 3 aromatic carbocycles. The Kier molecular flexibility index (Phi) is 11.7. The molecule has 4 atom stereocenters. The molecule has 1 fully saturated rings. The van der Waals surface area contributed by atoms with Gasteiger partial charge in [-0.1, -0.05) is 91.0 Å². The minimum absolute atomic E-state index is 0.0640. The molecular formula is C31H39O7P. The van der Waals surface area contributed by atoms with E-state index in [1.54, 1.807) is 13.8 Å². The van der Waals surface area contributed by atoms with Crippen molar-refractivity contribution in [1.29, 1.82) is 0 Å². The molecule has 1 saturated heterocycles. The summed E-state index contributed by atoms with van der Waals surface area (Å²) >= 11 is 0. The molecule has 0 aromatic heterocycles. The van der Waals surface area contributed by atoms with E-state index in [4.69, 9.17) is 28.0 Å². The van der Waals surface area contributed by atoms with E-state index in [1.165, 1.54) is 0 Å². The molecule has 0 spiro atoms. The first-order chi connectivity index (χ1) is 19.1. The summed E-state index contributed by atoms with van der Waals surface area (Å²) in [6.07, 6.45) is -1.89. The molecule has 1 aliphatic rings. The van der Waals surface area contributed by atoms with Crippen molar-refractivity contribution in [2.75, 3.05) is 26.0 Å². The van der Waals surface area contributed by atoms with Crippen LogP contribution in [0.5, 0.6) is 0 Å². The average Bonchev–Trinajstić information content (AvgIpc) is 3.27. The molecule has 1 heterocycles. The summed E-state index contributed by atoms with van der Waals surface area (Å²) < 4.78 is 50.2. The van der Waals surface area contributed by atoms with E-state index in [0.29, 0.717) is 26.4 Å². The number of hydrogen-bond acceptors (Lipinski definition) is 7. The summed E-state index contributed by atoms with van der Waals surface area (Å²) in [4.78, 5) is 0. The van der Waals surface area contributed by atoms with Crippen LogP contribution in [-0.2, 0) is 52.4 Å². The quantitative estimate of drug-likeness (QED) is 0.190. The van der Waals surface area contributed by atoms with Gasteiger partial charge in [-0.2, -0.15) is 0 Å². The van der Waals surface area contributed by atoms with Crippen LogP contribution in [0.25, 0.3) is 0 Å². The third-order valence-corrected chi connectivity index (χ3v) is 8.54. The maximum atomic E-state index is 13.5. The first kappa shape index (κ1) is 29.6. The lowest BCUT2D eigenvalue weighted by Gasteiger charge is -2.26. The molecule has 3 aromatic rings. The Morgan fingerprint density at radius 2 is 1.08 bits per heavy atom. The predicted molar refractivity (Wildman–Crippen MR) is 151 cm³/mol. The van der Waals surface area contributed by atoms with Gasteiger partial charge in [0.25, 0.3) is 0 Å². The van der Waals surface area contributed by atoms with Crippen molar-refractivity contribution in [1.82, 2.24) is 0 Å². The number of rotatable bonds is 16. The van der Waals surface area contributed by atoms with Gasteiger partial charge in [-0.05, 0) is 30.5 Å². The van der Waals surface area contributed by atoms with Gasteiger partial charge in [-0.3, -0.25) is 4.57 Å². The molecule has 4 rings (SSSR count). The molecular weight excluding hydrogens is 515 g/mol. The van der Waals surface area contributed by atoms with Crippen LogP contribution in [-0.4, -0.2) is 50.4 Å². The van der Waals surface area contributed by atoms with Crippen molar-refractivity contribution in [3.05, 3.63) is 108 Å². The van der Waals surface area contributed by atoms with Crippen LogP contribution < -0.4 is 0 Å². The summed E-state index contributed by atoms with van der Waals surface area (Å²) in [6.45, 7) is 5.64. The van der Waals surface area contributed by atoms with Gasteiger partial charge in [-0.25, -0.2) is 0 Å². The Morgan fingerprint density at radius 3 is 1.54 bits per heavy atom. The van der Waals surface area contributed by atoms with E-state index < -0.39 is 32.0 Å². The Morgan fingerprint density at radius 1 is 0.641 bits per heavy atom. The molecule has 210 valence electrons. The molecule has 0 bridgehead atoms. The zero-order chi connectivity index (χ0) is 27.3. The van der Waals surface area contributed by atoms with Gasteiger partial charge in [-0.15, -0.1) is 0 Å². The number of hydrogen-bond donors (Lipinski definition) is 0. The molecule has 0 N–H and O–H groups in total. The Bertz CT molecular complexity index is 1120. The first-order valence-electron chi connectivity index (χ1n) is 13.6. The summed E-state index contributed by atoms with van der Waals surface area (Å²) in [5.74, 6) is 0. The first-order valence-corrected chi connectivity index (χ1v) is 15.3. The maximum Gasteiger partial charge on any atom is 0.333 e. The van der Waals surface area contributed by atoms with Crippen LogP contribution in [0.4, 0.5) is 0 Å². The molecule has 0 radical (unpaired) electrons. The highest BCUT2D eigenvalue weighted by Crippen LogP contribution is 2.50. The predicted octanol–water partition coefficient (Wildman–Crippen LogP) is 6.41. The van der Waals surface area contributed by atoms with Crippen LogP contribution in [0.2, 0.25) is 0 Å². The molecule has 39 heavy (non-hydrogen) atoms. The van der Waals surface area contributed by atoms with E-state index in [0.717, 1.165) is 16.7 Å². The van der Waals surface area contributed by atoms with Crippen LogP contribution >= 0.6 is 7.60 Å². The van der Waals surface area contributed by atoms with E-state index >= 15 is 0 Å². The summed E-state index contributed by atoms with van der Waals surface area (Å²) in [6, 6.07) is 29.9. The van der Waals surface area contributed by atoms with Gasteiger partial charge >= 0.3 is 7.60 Å². The second kappa shape index (κ2) is 15.4. The highest BCUT2D eigenvalue weighted by molar-refractivity contribution is 7.53. The smallest absolute Gasteiger partial charge is 0.333 e. The van der Waals surface area contributed by atoms with Gasteiger partial charge in [0.1, 0.15) is 18.3 Å². The van der Waals surface area contributed by atoms with Gasteiger partial charge < -0.3 is 28.0 Å². The van der Waals surface area contributed by atoms with Crippen molar-refractivity contribution in [3.8, 4) is 0 Å². The highest BCUT2D eigenvalue weighted by atomic mass is 31.2.